The third-order valence-corrected chi connectivity index (χ3v) is 4.74. The van der Waals surface area contributed by atoms with E-state index < -0.39 is 17.8 Å². The smallest absolute Gasteiger partial charge is 0.354 e. The predicted molar refractivity (Wildman–Crippen MR) is 98.5 cm³/mol. The van der Waals surface area contributed by atoms with E-state index in [0.717, 1.165) is 6.07 Å². The van der Waals surface area contributed by atoms with Gasteiger partial charge < -0.3 is 10.6 Å². The molecule has 1 aliphatic heterocycles. The van der Waals surface area contributed by atoms with Gasteiger partial charge in [-0.1, -0.05) is 18.2 Å². The number of rotatable bonds is 7. The first-order valence-electron chi connectivity index (χ1n) is 9.25. The van der Waals surface area contributed by atoms with Crippen LogP contribution in [0.2, 0.25) is 0 Å². The van der Waals surface area contributed by atoms with Gasteiger partial charge in [0.05, 0.1) is 24.6 Å². The average Bonchev–Trinajstić information content (AvgIpc) is 3.18. The Balaban J connectivity index is 1.63. The van der Waals surface area contributed by atoms with E-state index in [9.17, 15) is 22.8 Å². The minimum absolute atomic E-state index is 0.0612. The second kappa shape index (κ2) is 9.08. The van der Waals surface area contributed by atoms with Crippen LogP contribution in [0.25, 0.3) is 0 Å². The van der Waals surface area contributed by atoms with Gasteiger partial charge in [-0.2, -0.15) is 18.3 Å². The number of benzene rings is 1. The molecular weight excluding hydrogens is 387 g/mol. The fourth-order valence-electron chi connectivity index (χ4n) is 3.32. The number of alkyl halides is 3. The lowest BCUT2D eigenvalue weighted by molar-refractivity contribution is -0.139. The van der Waals surface area contributed by atoms with Crippen molar-refractivity contribution in [2.45, 2.75) is 31.7 Å². The van der Waals surface area contributed by atoms with Crippen LogP contribution in [-0.2, 0) is 28.9 Å². The second-order valence-electron chi connectivity index (χ2n) is 6.76. The van der Waals surface area contributed by atoms with Crippen molar-refractivity contribution < 1.29 is 22.8 Å². The highest BCUT2D eigenvalue weighted by molar-refractivity contribution is 5.88. The topological polar surface area (TPSA) is 79.3 Å². The highest BCUT2D eigenvalue weighted by Gasteiger charge is 2.36. The molecule has 2 N–H and O–H groups in total. The molecule has 0 spiro atoms. The number of halogens is 3. The molecular formula is C19H22F3N5O2. The maximum absolute atomic E-state index is 13.3. The first kappa shape index (κ1) is 20.8. The van der Waals surface area contributed by atoms with E-state index in [2.05, 4.69) is 15.7 Å². The Kier molecular flexibility index (Phi) is 6.53. The molecule has 1 aliphatic rings. The maximum atomic E-state index is 13.3. The molecule has 1 atom stereocenters. The lowest BCUT2D eigenvalue weighted by Gasteiger charge is -2.35. The first-order chi connectivity index (χ1) is 13.8. The molecule has 0 aliphatic carbocycles. The Morgan fingerprint density at radius 2 is 2.07 bits per heavy atom. The number of nitrogens with one attached hydrogen (secondary N) is 2. The summed E-state index contributed by atoms with van der Waals surface area (Å²) >= 11 is 0. The van der Waals surface area contributed by atoms with Crippen LogP contribution in [0.5, 0.6) is 0 Å². The van der Waals surface area contributed by atoms with Crippen LogP contribution in [0.3, 0.4) is 0 Å². The molecule has 2 aromatic rings. The zero-order valence-corrected chi connectivity index (χ0v) is 15.7. The Hall–Kier alpha value is -2.88. The van der Waals surface area contributed by atoms with E-state index in [1.54, 1.807) is 28.0 Å². The molecule has 1 fully saturated rings. The monoisotopic (exact) mass is 409 g/mol. The summed E-state index contributed by atoms with van der Waals surface area (Å²) in [6.45, 7) is 1.45. The summed E-state index contributed by atoms with van der Waals surface area (Å²) in [5.41, 5.74) is -0.646. The Bertz CT molecular complexity index is 839. The van der Waals surface area contributed by atoms with Crippen molar-refractivity contribution in [2.24, 2.45) is 0 Å². The summed E-state index contributed by atoms with van der Waals surface area (Å²) in [5, 5.41) is 9.43. The molecule has 2 heterocycles. The molecule has 10 heteroatoms. The van der Waals surface area contributed by atoms with Gasteiger partial charge in [-0.15, -0.1) is 0 Å². The summed E-state index contributed by atoms with van der Waals surface area (Å²) in [4.78, 5) is 26.2. The van der Waals surface area contributed by atoms with E-state index in [0.29, 0.717) is 26.2 Å². The lowest BCUT2D eigenvalue weighted by Crippen LogP contribution is -2.56. The number of hydrogen-bond acceptors (Lipinski definition) is 4. The van der Waals surface area contributed by atoms with Gasteiger partial charge in [0.15, 0.2) is 0 Å². The van der Waals surface area contributed by atoms with Crippen LogP contribution in [0.1, 0.15) is 17.5 Å². The van der Waals surface area contributed by atoms with Crippen LogP contribution in [0.15, 0.2) is 42.7 Å². The van der Waals surface area contributed by atoms with Crippen LogP contribution < -0.4 is 10.6 Å². The number of aromatic nitrogens is 2. The quantitative estimate of drug-likeness (QED) is 0.725. The van der Waals surface area contributed by atoms with Crippen LogP contribution >= 0.6 is 0 Å². The number of nitrogens with zero attached hydrogens (tertiary/aromatic N) is 3. The van der Waals surface area contributed by atoms with Gasteiger partial charge in [0.1, 0.15) is 0 Å². The molecule has 3 rings (SSSR count). The van der Waals surface area contributed by atoms with Gasteiger partial charge in [-0.3, -0.25) is 19.2 Å². The molecule has 0 radical (unpaired) electrons. The summed E-state index contributed by atoms with van der Waals surface area (Å²) in [6.07, 6.45) is -1.21. The van der Waals surface area contributed by atoms with Gasteiger partial charge in [0, 0.05) is 38.6 Å². The predicted octanol–water partition coefficient (Wildman–Crippen LogP) is 1.41. The first-order valence-corrected chi connectivity index (χ1v) is 9.25. The van der Waals surface area contributed by atoms with Crippen molar-refractivity contribution in [1.82, 2.24) is 25.3 Å². The largest absolute Gasteiger partial charge is 0.416 e. The van der Waals surface area contributed by atoms with E-state index in [1.165, 1.54) is 18.2 Å². The number of hydrogen-bond donors (Lipinski definition) is 2. The zero-order chi connectivity index (χ0) is 20.9. The Morgan fingerprint density at radius 3 is 2.79 bits per heavy atom. The number of amides is 2. The van der Waals surface area contributed by atoms with Crippen molar-refractivity contribution >= 4 is 11.8 Å². The minimum atomic E-state index is -4.48. The fraction of sp³-hybridized carbons (Fsp3) is 0.421. The van der Waals surface area contributed by atoms with Crippen LogP contribution in [0, 0.1) is 0 Å². The number of piperazine rings is 1. The lowest BCUT2D eigenvalue weighted by atomic mass is 10.0. The van der Waals surface area contributed by atoms with Crippen molar-refractivity contribution in [1.29, 1.82) is 0 Å². The van der Waals surface area contributed by atoms with Crippen LogP contribution in [0.4, 0.5) is 13.2 Å². The molecule has 1 aromatic carbocycles. The Morgan fingerprint density at radius 1 is 1.28 bits per heavy atom. The van der Waals surface area contributed by atoms with Crippen molar-refractivity contribution in [2.75, 3.05) is 19.6 Å². The SMILES string of the molecule is O=C(CC1C(=O)NCCN1Cc1ccccc1C(F)(F)F)NCCn1cccn1. The van der Waals surface area contributed by atoms with E-state index >= 15 is 0 Å². The normalized spacial score (nSPS) is 17.8. The van der Waals surface area contributed by atoms with E-state index in [1.807, 2.05) is 0 Å². The highest BCUT2D eigenvalue weighted by Crippen LogP contribution is 2.32. The van der Waals surface area contributed by atoms with Gasteiger partial charge in [0.2, 0.25) is 11.8 Å². The Labute approximate surface area is 165 Å². The molecule has 7 nitrogen and oxygen atoms in total. The molecule has 0 bridgehead atoms. The summed E-state index contributed by atoms with van der Waals surface area (Å²) in [6, 6.07) is 6.23. The minimum Gasteiger partial charge on any atom is -0.354 e. The van der Waals surface area contributed by atoms with Gasteiger partial charge in [-0.05, 0) is 17.7 Å². The van der Waals surface area contributed by atoms with Gasteiger partial charge in [-0.25, -0.2) is 0 Å². The van der Waals surface area contributed by atoms with E-state index in [4.69, 9.17) is 0 Å². The highest BCUT2D eigenvalue weighted by atomic mass is 19.4. The molecule has 1 aromatic heterocycles. The van der Waals surface area contributed by atoms with Crippen molar-refractivity contribution in [3.63, 3.8) is 0 Å². The standard InChI is InChI=1S/C19H22F3N5O2/c20-19(21,22)15-5-2-1-4-14(15)13-26-10-7-24-18(29)16(26)12-17(28)23-8-11-27-9-3-6-25-27/h1-6,9,16H,7-8,10-13H2,(H,23,28)(H,24,29). The third kappa shape index (κ3) is 5.57. The summed E-state index contributed by atoms with van der Waals surface area (Å²) in [7, 11) is 0. The molecule has 29 heavy (non-hydrogen) atoms. The number of carbonyl (C=O) groups excluding carboxylic acids is 2. The number of carbonyl (C=O) groups is 2. The fourth-order valence-corrected chi connectivity index (χ4v) is 3.32. The molecule has 2 amide bonds. The summed E-state index contributed by atoms with van der Waals surface area (Å²) < 4.78 is 41.5. The zero-order valence-electron chi connectivity index (χ0n) is 15.7. The molecule has 156 valence electrons. The van der Waals surface area contributed by atoms with Crippen molar-refractivity contribution in [3.05, 3.63) is 53.9 Å². The van der Waals surface area contributed by atoms with Gasteiger partial charge >= 0.3 is 6.18 Å². The molecule has 1 unspecified atom stereocenters. The van der Waals surface area contributed by atoms with E-state index in [-0.39, 0.29) is 30.3 Å². The molecule has 1 saturated heterocycles. The van der Waals surface area contributed by atoms with Crippen LogP contribution in [-0.4, -0.2) is 52.2 Å². The third-order valence-electron chi connectivity index (χ3n) is 4.74. The summed E-state index contributed by atoms with van der Waals surface area (Å²) in [5.74, 6) is -0.698. The van der Waals surface area contributed by atoms with Gasteiger partial charge in [0.25, 0.3) is 0 Å². The average molecular weight is 409 g/mol. The second-order valence-corrected chi connectivity index (χ2v) is 6.76. The molecule has 0 saturated carbocycles. The maximum Gasteiger partial charge on any atom is 0.416 e. The van der Waals surface area contributed by atoms with Crippen molar-refractivity contribution in [3.8, 4) is 0 Å².